The second kappa shape index (κ2) is 17.1. The molecule has 4 heterocycles. The molecule has 59 heavy (non-hydrogen) atoms. The summed E-state index contributed by atoms with van der Waals surface area (Å²) < 4.78 is 12.3. The molecule has 4 aliphatic rings. The van der Waals surface area contributed by atoms with Gasteiger partial charge in [0.2, 0.25) is 11.8 Å². The number of unbranched alkanes of at least 4 members (excludes halogenated alkanes) is 1. The van der Waals surface area contributed by atoms with Gasteiger partial charge in [-0.25, -0.2) is 4.98 Å². The van der Waals surface area contributed by atoms with E-state index < -0.39 is 29.7 Å². The number of aromatic nitrogens is 1. The minimum absolute atomic E-state index is 0.0847. The maximum atomic E-state index is 13.4. The van der Waals surface area contributed by atoms with E-state index in [0.717, 1.165) is 61.8 Å². The first-order chi connectivity index (χ1) is 28.2. The van der Waals surface area contributed by atoms with E-state index >= 15 is 0 Å². The molecule has 1 aromatic heterocycles. The Bertz CT molecular complexity index is 2160. The quantitative estimate of drug-likeness (QED) is 0.169. The average molecular weight is 824 g/mol. The molecule has 310 valence electrons. The van der Waals surface area contributed by atoms with Gasteiger partial charge < -0.3 is 19.7 Å². The summed E-state index contributed by atoms with van der Waals surface area (Å²) >= 11 is 6.24. The van der Waals surface area contributed by atoms with Crippen LogP contribution in [-0.2, 0) is 20.7 Å². The fourth-order valence-corrected chi connectivity index (χ4v) is 9.54. The number of piperidine rings is 1. The van der Waals surface area contributed by atoms with Crippen molar-refractivity contribution in [3.8, 4) is 11.8 Å². The van der Waals surface area contributed by atoms with Gasteiger partial charge in [0.15, 0.2) is 0 Å². The van der Waals surface area contributed by atoms with Crippen molar-refractivity contribution in [3.63, 3.8) is 0 Å². The minimum atomic E-state index is -0.979. The van der Waals surface area contributed by atoms with Gasteiger partial charge in [-0.1, -0.05) is 51.4 Å². The predicted molar refractivity (Wildman–Crippen MR) is 219 cm³/mol. The molecule has 5 amide bonds. The number of carbonyl (C=O) groups excluding carboxylic acids is 5. The molecule has 2 N–H and O–H groups in total. The van der Waals surface area contributed by atoms with E-state index in [1.807, 2.05) is 18.2 Å². The second-order valence-corrected chi connectivity index (χ2v) is 17.3. The number of halogens is 1. The molecule has 1 saturated carbocycles. The molecule has 15 heteroatoms. The monoisotopic (exact) mass is 823 g/mol. The molecule has 3 aliphatic heterocycles. The van der Waals surface area contributed by atoms with E-state index in [0.29, 0.717) is 52.7 Å². The van der Waals surface area contributed by atoms with Gasteiger partial charge in [0, 0.05) is 74.9 Å². The van der Waals surface area contributed by atoms with Crippen LogP contribution in [0.2, 0.25) is 5.02 Å². The standard InChI is InChI=1S/C44H50ClN7O7/c1-43(2)41(44(3,4)42(43)59-30-13-11-28(25-46)32(45)24-30)49-37(54)29-12-15-34(47-26-29)51-19-17-50(18-20-51)21-23-58-22-6-5-8-27-9-7-10-31-36(27)40(57)52(39(31)56)33-14-16-35(53)48-38(33)55/h7,9-13,15,24,26,33,41-42H,5-6,8,14,16-23H2,1-4H3,(H,49,54)(H,48,53,55). The maximum Gasteiger partial charge on any atom is 0.262 e. The number of piperazine rings is 1. The highest BCUT2D eigenvalue weighted by Crippen LogP contribution is 2.55. The number of anilines is 1. The molecule has 1 atom stereocenters. The van der Waals surface area contributed by atoms with E-state index in [1.54, 1.807) is 36.5 Å². The summed E-state index contributed by atoms with van der Waals surface area (Å²) in [7, 11) is 0. The number of fused-ring (bicyclic) bond motifs is 1. The number of nitrogens with zero attached hydrogens (tertiary/aromatic N) is 5. The van der Waals surface area contributed by atoms with Crippen molar-refractivity contribution in [2.75, 3.05) is 50.8 Å². The SMILES string of the molecule is CC1(C)C(NC(=O)c2ccc(N3CCN(CCOCCCCc4cccc5c4C(=O)N(C4CCC(=O)NC4=O)C5=O)CC3)nc2)C(C)(C)C1Oc1ccc(C#N)c(Cl)c1. The third kappa shape index (κ3) is 8.42. The number of pyridine rings is 1. The Kier molecular flexibility index (Phi) is 12.1. The number of rotatable bonds is 14. The summed E-state index contributed by atoms with van der Waals surface area (Å²) in [4.78, 5) is 74.1. The molecule has 0 bridgehead atoms. The highest BCUT2D eigenvalue weighted by atomic mass is 35.5. The molecule has 7 rings (SSSR count). The van der Waals surface area contributed by atoms with Crippen LogP contribution in [-0.4, -0.2) is 108 Å². The zero-order valence-electron chi connectivity index (χ0n) is 33.9. The molecule has 1 unspecified atom stereocenters. The summed E-state index contributed by atoms with van der Waals surface area (Å²) in [5.74, 6) is -0.757. The molecule has 1 aliphatic carbocycles. The number of benzene rings is 2. The van der Waals surface area contributed by atoms with Gasteiger partial charge in [0.05, 0.1) is 33.9 Å². The lowest BCUT2D eigenvalue weighted by Crippen LogP contribution is -2.74. The number of hydrogen-bond acceptors (Lipinski definition) is 11. The first-order valence-electron chi connectivity index (χ1n) is 20.2. The first kappa shape index (κ1) is 41.8. The van der Waals surface area contributed by atoms with Gasteiger partial charge in [-0.05, 0) is 61.6 Å². The second-order valence-electron chi connectivity index (χ2n) is 16.9. The molecule has 14 nitrogen and oxygen atoms in total. The van der Waals surface area contributed by atoms with Crippen LogP contribution in [0, 0.1) is 22.2 Å². The van der Waals surface area contributed by atoms with Crippen molar-refractivity contribution in [2.45, 2.75) is 78.0 Å². The van der Waals surface area contributed by atoms with Gasteiger partial charge in [-0.2, -0.15) is 5.26 Å². The molecule has 3 fully saturated rings. The Morgan fingerprint density at radius 2 is 1.75 bits per heavy atom. The van der Waals surface area contributed by atoms with Crippen molar-refractivity contribution in [1.82, 2.24) is 25.4 Å². The summed E-state index contributed by atoms with van der Waals surface area (Å²) in [6.07, 6.45) is 3.80. The molecule has 0 radical (unpaired) electrons. The van der Waals surface area contributed by atoms with Crippen LogP contribution in [0.25, 0.3) is 0 Å². The molecular formula is C44H50ClN7O7. The summed E-state index contributed by atoms with van der Waals surface area (Å²) in [5.41, 5.74) is 1.56. The van der Waals surface area contributed by atoms with E-state index in [1.165, 1.54) is 0 Å². The zero-order valence-corrected chi connectivity index (χ0v) is 34.6. The first-order valence-corrected chi connectivity index (χ1v) is 20.6. The lowest BCUT2D eigenvalue weighted by Gasteiger charge is -2.63. The smallest absolute Gasteiger partial charge is 0.262 e. The van der Waals surface area contributed by atoms with Crippen molar-refractivity contribution >= 4 is 47.0 Å². The Balaban J connectivity index is 0.803. The van der Waals surface area contributed by atoms with Crippen molar-refractivity contribution in [3.05, 3.63) is 87.6 Å². The molecule has 3 aromatic rings. The maximum absolute atomic E-state index is 13.4. The number of carbonyl (C=O) groups is 5. The number of imide groups is 2. The van der Waals surface area contributed by atoms with Crippen LogP contribution in [0.4, 0.5) is 5.82 Å². The summed E-state index contributed by atoms with van der Waals surface area (Å²) in [6.45, 7) is 13.6. The van der Waals surface area contributed by atoms with Crippen LogP contribution >= 0.6 is 11.6 Å². The third-order valence-corrected chi connectivity index (χ3v) is 12.5. The molecule has 2 aromatic carbocycles. The van der Waals surface area contributed by atoms with Crippen molar-refractivity contribution in [2.24, 2.45) is 10.8 Å². The van der Waals surface area contributed by atoms with Gasteiger partial charge >= 0.3 is 0 Å². The number of aryl methyl sites for hydroxylation is 1. The fraction of sp³-hybridized carbons (Fsp3) is 0.477. The lowest BCUT2D eigenvalue weighted by molar-refractivity contribution is -0.164. The van der Waals surface area contributed by atoms with Crippen molar-refractivity contribution < 1.29 is 33.4 Å². The average Bonchev–Trinajstić information content (AvgIpc) is 3.47. The van der Waals surface area contributed by atoms with E-state index in [2.05, 4.69) is 59.2 Å². The number of ether oxygens (including phenoxy) is 2. The minimum Gasteiger partial charge on any atom is -0.489 e. The van der Waals surface area contributed by atoms with Gasteiger partial charge in [0.25, 0.3) is 17.7 Å². The van der Waals surface area contributed by atoms with Gasteiger partial charge in [0.1, 0.15) is 29.8 Å². The Morgan fingerprint density at radius 1 is 0.983 bits per heavy atom. The number of hydrogen-bond donors (Lipinski definition) is 2. The molecule has 0 spiro atoms. The zero-order chi connectivity index (χ0) is 42.1. The largest absolute Gasteiger partial charge is 0.489 e. The predicted octanol–water partition coefficient (Wildman–Crippen LogP) is 4.78. The Hall–Kier alpha value is -5.36. The topological polar surface area (TPSA) is 174 Å². The summed E-state index contributed by atoms with van der Waals surface area (Å²) in [6, 6.07) is 14.9. The van der Waals surface area contributed by atoms with Crippen LogP contribution < -0.4 is 20.3 Å². The summed E-state index contributed by atoms with van der Waals surface area (Å²) in [5, 5.41) is 15.0. The Morgan fingerprint density at radius 3 is 2.42 bits per heavy atom. The van der Waals surface area contributed by atoms with Crippen molar-refractivity contribution in [1.29, 1.82) is 5.26 Å². The van der Waals surface area contributed by atoms with Crippen LogP contribution in [0.15, 0.2) is 54.7 Å². The van der Waals surface area contributed by atoms with Crippen LogP contribution in [0.3, 0.4) is 0 Å². The highest BCUT2D eigenvalue weighted by Gasteiger charge is 2.64. The van der Waals surface area contributed by atoms with E-state index in [-0.39, 0.29) is 41.7 Å². The number of nitrogens with one attached hydrogen (secondary N) is 2. The van der Waals surface area contributed by atoms with Crippen LogP contribution in [0.1, 0.15) is 95.6 Å². The van der Waals surface area contributed by atoms with Gasteiger partial charge in [-0.15, -0.1) is 0 Å². The number of nitriles is 1. The fourth-order valence-electron chi connectivity index (χ4n) is 9.33. The number of amides is 5. The lowest BCUT2D eigenvalue weighted by atomic mass is 9.49. The highest BCUT2D eigenvalue weighted by molar-refractivity contribution is 6.31. The van der Waals surface area contributed by atoms with Crippen LogP contribution in [0.5, 0.6) is 5.75 Å². The normalized spacial score (nSPS) is 22.3. The van der Waals surface area contributed by atoms with E-state index in [9.17, 15) is 29.2 Å². The Labute approximate surface area is 349 Å². The van der Waals surface area contributed by atoms with Gasteiger partial charge in [-0.3, -0.25) is 39.1 Å². The molecular weight excluding hydrogens is 774 g/mol. The third-order valence-electron chi connectivity index (χ3n) is 12.2. The molecule has 2 saturated heterocycles. The van der Waals surface area contributed by atoms with E-state index in [4.69, 9.17) is 21.1 Å².